The molecule has 3 rings (SSSR count). The summed E-state index contributed by atoms with van der Waals surface area (Å²) >= 11 is 0. The van der Waals surface area contributed by atoms with Crippen LogP contribution in [0.2, 0.25) is 0 Å². The molecule has 0 radical (unpaired) electrons. The minimum atomic E-state index is -0.342. The molecule has 0 heterocycles. The zero-order valence-electron chi connectivity index (χ0n) is 12.3. The Hall–Kier alpha value is -2.73. The van der Waals surface area contributed by atoms with E-state index in [4.69, 9.17) is 4.74 Å². The fraction of sp³-hybridized carbons (Fsp3) is 0.211. The van der Waals surface area contributed by atoms with Gasteiger partial charge < -0.3 is 9.47 Å². The van der Waals surface area contributed by atoms with E-state index in [1.165, 1.54) is 7.11 Å². The van der Waals surface area contributed by atoms with Crippen molar-refractivity contribution in [1.82, 2.24) is 0 Å². The highest BCUT2D eigenvalue weighted by Crippen LogP contribution is 2.26. The highest BCUT2D eigenvalue weighted by Gasteiger charge is 2.23. The molecule has 2 aromatic rings. The smallest absolute Gasteiger partial charge is 0.337 e. The zero-order valence-corrected chi connectivity index (χ0v) is 12.3. The highest BCUT2D eigenvalue weighted by atomic mass is 16.5. The molecule has 1 fully saturated rings. The van der Waals surface area contributed by atoms with E-state index in [0.717, 1.165) is 29.7 Å². The van der Waals surface area contributed by atoms with Gasteiger partial charge >= 0.3 is 5.97 Å². The standard InChI is InChI=1S/C19H16O3/c1-21-19(20)16-8-4-14(5-9-16)2-3-15-6-10-17(11-7-15)22-18-12-13-18/h4-11,18H,12-13H2,1H3. The number of carbonyl (C=O) groups is 1. The van der Waals surface area contributed by atoms with Crippen molar-refractivity contribution in [3.63, 3.8) is 0 Å². The third kappa shape index (κ3) is 3.67. The molecule has 1 aliphatic carbocycles. The van der Waals surface area contributed by atoms with Gasteiger partial charge in [0.15, 0.2) is 0 Å². The van der Waals surface area contributed by atoms with E-state index in [1.807, 2.05) is 36.4 Å². The quantitative estimate of drug-likeness (QED) is 0.642. The summed E-state index contributed by atoms with van der Waals surface area (Å²) in [5.74, 6) is 6.73. The van der Waals surface area contributed by atoms with Gasteiger partial charge in [-0.3, -0.25) is 0 Å². The predicted molar refractivity (Wildman–Crippen MR) is 83.9 cm³/mol. The number of hydrogen-bond acceptors (Lipinski definition) is 3. The van der Waals surface area contributed by atoms with Crippen molar-refractivity contribution >= 4 is 5.97 Å². The van der Waals surface area contributed by atoms with Gasteiger partial charge in [0.2, 0.25) is 0 Å². The monoisotopic (exact) mass is 292 g/mol. The lowest BCUT2D eigenvalue weighted by atomic mass is 10.1. The van der Waals surface area contributed by atoms with Gasteiger partial charge in [-0.1, -0.05) is 11.8 Å². The first-order chi connectivity index (χ1) is 10.7. The number of rotatable bonds is 3. The summed E-state index contributed by atoms with van der Waals surface area (Å²) in [5.41, 5.74) is 2.31. The van der Waals surface area contributed by atoms with Crippen LogP contribution in [-0.4, -0.2) is 19.2 Å². The molecule has 0 spiro atoms. The van der Waals surface area contributed by atoms with Crippen LogP contribution in [0.3, 0.4) is 0 Å². The van der Waals surface area contributed by atoms with Gasteiger partial charge in [-0.25, -0.2) is 4.79 Å². The average Bonchev–Trinajstić information content (AvgIpc) is 3.38. The molecular weight excluding hydrogens is 276 g/mol. The van der Waals surface area contributed by atoms with Crippen molar-refractivity contribution in [3.8, 4) is 17.6 Å². The van der Waals surface area contributed by atoms with Crippen LogP contribution >= 0.6 is 0 Å². The number of methoxy groups -OCH3 is 1. The third-order valence-electron chi connectivity index (χ3n) is 3.34. The second kappa shape index (κ2) is 6.36. The van der Waals surface area contributed by atoms with Crippen LogP contribution in [-0.2, 0) is 4.74 Å². The Bertz CT molecular complexity index is 714. The van der Waals surface area contributed by atoms with E-state index in [2.05, 4.69) is 16.6 Å². The van der Waals surface area contributed by atoms with Gasteiger partial charge in [0, 0.05) is 11.1 Å². The van der Waals surface area contributed by atoms with Gasteiger partial charge in [0.1, 0.15) is 5.75 Å². The van der Waals surface area contributed by atoms with Crippen LogP contribution in [0.4, 0.5) is 0 Å². The van der Waals surface area contributed by atoms with Gasteiger partial charge in [-0.15, -0.1) is 0 Å². The van der Waals surface area contributed by atoms with E-state index in [1.54, 1.807) is 12.1 Å². The third-order valence-corrected chi connectivity index (χ3v) is 3.34. The van der Waals surface area contributed by atoms with Crippen molar-refractivity contribution < 1.29 is 14.3 Å². The van der Waals surface area contributed by atoms with Gasteiger partial charge in [0.25, 0.3) is 0 Å². The van der Waals surface area contributed by atoms with Crippen LogP contribution in [0.5, 0.6) is 5.75 Å². The summed E-state index contributed by atoms with van der Waals surface area (Å²) in [4.78, 5) is 11.3. The lowest BCUT2D eigenvalue weighted by Crippen LogP contribution is -2.00. The van der Waals surface area contributed by atoms with E-state index >= 15 is 0 Å². The van der Waals surface area contributed by atoms with Crippen molar-refractivity contribution in [1.29, 1.82) is 0 Å². The Balaban J connectivity index is 1.67. The Morgan fingerprint density at radius 1 is 0.955 bits per heavy atom. The molecule has 0 saturated heterocycles. The molecule has 22 heavy (non-hydrogen) atoms. The number of benzene rings is 2. The first-order valence-electron chi connectivity index (χ1n) is 7.22. The van der Waals surface area contributed by atoms with Crippen molar-refractivity contribution in [2.45, 2.75) is 18.9 Å². The maximum atomic E-state index is 11.3. The Morgan fingerprint density at radius 3 is 2.00 bits per heavy atom. The minimum absolute atomic E-state index is 0.342. The van der Waals surface area contributed by atoms with Crippen molar-refractivity contribution in [3.05, 3.63) is 65.2 Å². The van der Waals surface area contributed by atoms with E-state index in [-0.39, 0.29) is 5.97 Å². The second-order valence-corrected chi connectivity index (χ2v) is 5.16. The largest absolute Gasteiger partial charge is 0.490 e. The summed E-state index contributed by atoms with van der Waals surface area (Å²) in [6, 6.07) is 14.8. The molecular formula is C19H16O3. The second-order valence-electron chi connectivity index (χ2n) is 5.16. The molecule has 110 valence electrons. The molecule has 0 unspecified atom stereocenters. The maximum Gasteiger partial charge on any atom is 0.337 e. The average molecular weight is 292 g/mol. The first kappa shape index (κ1) is 14.2. The molecule has 3 heteroatoms. The zero-order chi connectivity index (χ0) is 15.4. The lowest BCUT2D eigenvalue weighted by molar-refractivity contribution is 0.0600. The molecule has 2 aromatic carbocycles. The highest BCUT2D eigenvalue weighted by molar-refractivity contribution is 5.89. The van der Waals surface area contributed by atoms with Crippen molar-refractivity contribution in [2.24, 2.45) is 0 Å². The number of ether oxygens (including phenoxy) is 2. The Labute approximate surface area is 129 Å². The molecule has 1 aliphatic rings. The Kier molecular flexibility index (Phi) is 4.11. The summed E-state index contributed by atoms with van der Waals surface area (Å²) in [6.07, 6.45) is 2.72. The van der Waals surface area contributed by atoms with Crippen LogP contribution in [0.15, 0.2) is 48.5 Å². The molecule has 0 amide bonds. The van der Waals surface area contributed by atoms with Gasteiger partial charge in [-0.05, 0) is 61.4 Å². The Morgan fingerprint density at radius 2 is 1.50 bits per heavy atom. The van der Waals surface area contributed by atoms with Crippen LogP contribution < -0.4 is 4.74 Å². The van der Waals surface area contributed by atoms with E-state index in [9.17, 15) is 4.79 Å². The summed E-state index contributed by atoms with van der Waals surface area (Å²) in [7, 11) is 1.37. The summed E-state index contributed by atoms with van der Waals surface area (Å²) < 4.78 is 10.4. The van der Waals surface area contributed by atoms with Crippen LogP contribution in [0.25, 0.3) is 0 Å². The molecule has 0 aliphatic heterocycles. The molecule has 0 bridgehead atoms. The molecule has 0 aromatic heterocycles. The normalized spacial score (nSPS) is 13.0. The minimum Gasteiger partial charge on any atom is -0.490 e. The molecule has 0 N–H and O–H groups in total. The van der Waals surface area contributed by atoms with E-state index in [0.29, 0.717) is 11.7 Å². The predicted octanol–water partition coefficient (Wildman–Crippen LogP) is 3.41. The van der Waals surface area contributed by atoms with Gasteiger partial charge in [0.05, 0.1) is 18.8 Å². The maximum absolute atomic E-state index is 11.3. The SMILES string of the molecule is COC(=O)c1ccc(C#Cc2ccc(OC3CC3)cc2)cc1. The fourth-order valence-corrected chi connectivity index (χ4v) is 1.95. The topological polar surface area (TPSA) is 35.5 Å². The van der Waals surface area contributed by atoms with Gasteiger partial charge in [-0.2, -0.15) is 0 Å². The fourth-order valence-electron chi connectivity index (χ4n) is 1.95. The summed E-state index contributed by atoms with van der Waals surface area (Å²) in [5, 5.41) is 0. The van der Waals surface area contributed by atoms with Crippen molar-refractivity contribution in [2.75, 3.05) is 7.11 Å². The molecule has 0 atom stereocenters. The van der Waals surface area contributed by atoms with Crippen LogP contribution in [0, 0.1) is 11.8 Å². The number of carbonyl (C=O) groups excluding carboxylic acids is 1. The number of esters is 1. The first-order valence-corrected chi connectivity index (χ1v) is 7.22. The van der Waals surface area contributed by atoms with Crippen LogP contribution in [0.1, 0.15) is 34.3 Å². The van der Waals surface area contributed by atoms with E-state index < -0.39 is 0 Å². The molecule has 1 saturated carbocycles. The lowest BCUT2D eigenvalue weighted by Gasteiger charge is -2.03. The number of hydrogen-bond donors (Lipinski definition) is 0. The summed E-state index contributed by atoms with van der Waals surface area (Å²) in [6.45, 7) is 0. The molecule has 3 nitrogen and oxygen atoms in total.